The van der Waals surface area contributed by atoms with Gasteiger partial charge < -0.3 is 19.7 Å². The molecule has 4 aromatic carbocycles. The highest BCUT2D eigenvalue weighted by Crippen LogP contribution is 2.43. The van der Waals surface area contributed by atoms with E-state index in [9.17, 15) is 44.7 Å². The fraction of sp³-hybridized carbons (Fsp3) is 0. The molecule has 40 heavy (non-hydrogen) atoms. The monoisotopic (exact) mass is 570 g/mol. The van der Waals surface area contributed by atoms with Crippen LogP contribution in [0.4, 0.5) is 35.1 Å². The molecule has 2 N–H and O–H groups in total. The maximum absolute atomic E-state index is 14.9. The van der Waals surface area contributed by atoms with Crippen molar-refractivity contribution in [2.24, 2.45) is 0 Å². The van der Waals surface area contributed by atoms with Gasteiger partial charge in [0.25, 0.3) is 0 Å². The second kappa shape index (κ2) is 10.6. The molecule has 0 unspecified atom stereocenters. The summed E-state index contributed by atoms with van der Waals surface area (Å²) in [7, 11) is 0. The molecule has 6 nitrogen and oxygen atoms in total. The van der Waals surface area contributed by atoms with Crippen LogP contribution in [-0.2, 0) is 0 Å². The lowest BCUT2D eigenvalue weighted by molar-refractivity contribution is 0.0686. The number of hydrogen-bond donors (Lipinski definition) is 2. The number of hydrogen-bond acceptors (Lipinski definition) is 4. The highest BCUT2D eigenvalue weighted by molar-refractivity contribution is 5.88. The Kier molecular flexibility index (Phi) is 7.36. The fourth-order valence-electron chi connectivity index (χ4n) is 3.46. The summed E-state index contributed by atoms with van der Waals surface area (Å²) in [6.07, 6.45) is 0. The predicted molar refractivity (Wildman–Crippen MR) is 118 cm³/mol. The van der Waals surface area contributed by atoms with Gasteiger partial charge in [0.1, 0.15) is 11.5 Å². The smallest absolute Gasteiger partial charge is 0.335 e. The summed E-state index contributed by atoms with van der Waals surface area (Å²) in [6, 6.07) is 7.63. The fourth-order valence-corrected chi connectivity index (χ4v) is 3.46. The van der Waals surface area contributed by atoms with Crippen molar-refractivity contribution in [2.45, 2.75) is 0 Å². The summed E-state index contributed by atoms with van der Waals surface area (Å²) in [5.41, 5.74) is -5.23. The summed E-state index contributed by atoms with van der Waals surface area (Å²) in [5, 5.41) is 18.0. The van der Waals surface area contributed by atoms with Crippen LogP contribution in [0.5, 0.6) is 23.0 Å². The van der Waals surface area contributed by atoms with Gasteiger partial charge in [-0.3, -0.25) is 0 Å². The largest absolute Gasteiger partial charge is 0.478 e. The van der Waals surface area contributed by atoms with Gasteiger partial charge >= 0.3 is 11.9 Å². The third kappa shape index (κ3) is 4.86. The summed E-state index contributed by atoms with van der Waals surface area (Å²) in [6.45, 7) is 0. The lowest BCUT2D eigenvalue weighted by atomic mass is 10.0. The molecule has 0 aliphatic heterocycles. The van der Waals surface area contributed by atoms with Gasteiger partial charge in [0.05, 0.1) is 22.3 Å². The average Bonchev–Trinajstić information content (AvgIpc) is 2.93. The topological polar surface area (TPSA) is 93.1 Å². The SMILES string of the molecule is O=C(O)c1cccc(Oc2c(F)c(F)c(-c3c(F)c(F)c(Oc4cccc(C(=O)O)c4)c(F)c3F)c(F)c2F)c1. The van der Waals surface area contributed by atoms with Crippen LogP contribution in [0.25, 0.3) is 11.1 Å². The molecule has 0 amide bonds. The van der Waals surface area contributed by atoms with E-state index in [0.29, 0.717) is 0 Å². The molecule has 0 heterocycles. The van der Waals surface area contributed by atoms with Crippen molar-refractivity contribution in [2.75, 3.05) is 0 Å². The van der Waals surface area contributed by atoms with Crippen molar-refractivity contribution in [3.63, 3.8) is 0 Å². The second-order valence-corrected chi connectivity index (χ2v) is 7.79. The first kappa shape index (κ1) is 27.9. The van der Waals surface area contributed by atoms with Gasteiger partial charge in [0.15, 0.2) is 23.3 Å². The maximum atomic E-state index is 14.9. The number of carboxylic acids is 2. The second-order valence-electron chi connectivity index (χ2n) is 7.79. The predicted octanol–water partition coefficient (Wildman–Crippen LogP) is 7.45. The lowest BCUT2D eigenvalue weighted by Crippen LogP contribution is -2.09. The molecule has 0 aliphatic rings. The van der Waals surface area contributed by atoms with Crippen molar-refractivity contribution in [1.29, 1.82) is 0 Å². The van der Waals surface area contributed by atoms with Crippen molar-refractivity contribution >= 4 is 11.9 Å². The van der Waals surface area contributed by atoms with E-state index in [1.165, 1.54) is 0 Å². The molecule has 4 rings (SSSR count). The highest BCUT2D eigenvalue weighted by atomic mass is 19.2. The van der Waals surface area contributed by atoms with Gasteiger partial charge in [-0.2, -0.15) is 17.6 Å². The molecule has 0 saturated heterocycles. The minimum absolute atomic E-state index is 0.442. The zero-order valence-corrected chi connectivity index (χ0v) is 19.2. The van der Waals surface area contributed by atoms with Crippen LogP contribution >= 0.6 is 0 Å². The highest BCUT2D eigenvalue weighted by Gasteiger charge is 2.35. The Bertz CT molecular complexity index is 1520. The molecular weight excluding hydrogens is 560 g/mol. The van der Waals surface area contributed by atoms with Crippen LogP contribution in [0.2, 0.25) is 0 Å². The van der Waals surface area contributed by atoms with Crippen molar-refractivity contribution in [3.05, 3.63) is 106 Å². The third-order valence-corrected chi connectivity index (χ3v) is 5.30. The zero-order chi connectivity index (χ0) is 29.5. The first-order valence-electron chi connectivity index (χ1n) is 10.6. The molecular formula is C26H10F8O6. The Morgan fingerprint density at radius 3 is 1.07 bits per heavy atom. The summed E-state index contributed by atoms with van der Waals surface area (Å²) >= 11 is 0. The van der Waals surface area contributed by atoms with Gasteiger partial charge in [-0.15, -0.1) is 0 Å². The summed E-state index contributed by atoms with van der Waals surface area (Å²) in [4.78, 5) is 22.1. The molecule has 0 fully saturated rings. The molecule has 14 heteroatoms. The van der Waals surface area contributed by atoms with E-state index in [1.807, 2.05) is 0 Å². The number of carbonyl (C=O) groups is 2. The summed E-state index contributed by atoms with van der Waals surface area (Å²) < 4.78 is 128. The molecule has 206 valence electrons. The molecule has 0 aliphatic carbocycles. The van der Waals surface area contributed by atoms with E-state index < -0.39 is 104 Å². The quantitative estimate of drug-likeness (QED) is 0.177. The van der Waals surface area contributed by atoms with Gasteiger partial charge in [0.2, 0.25) is 34.8 Å². The standard InChI is InChI=1S/C26H10F8O6/c27-15-13(16(28)20(32)23(19(15)31)39-11-5-1-3-9(7-11)25(35)36)14-17(29)21(33)24(22(34)18(14)30)40-12-6-2-4-10(8-12)26(37)38/h1-8H,(H,35,36)(H,37,38). The Morgan fingerprint density at radius 2 is 0.800 bits per heavy atom. The lowest BCUT2D eigenvalue weighted by Gasteiger charge is -2.16. The summed E-state index contributed by atoms with van der Waals surface area (Å²) in [5.74, 6) is -27.3. The van der Waals surface area contributed by atoms with Crippen LogP contribution in [0.3, 0.4) is 0 Å². The number of rotatable bonds is 7. The van der Waals surface area contributed by atoms with Crippen LogP contribution in [-0.4, -0.2) is 22.2 Å². The van der Waals surface area contributed by atoms with Gasteiger partial charge in [0, 0.05) is 0 Å². The zero-order valence-electron chi connectivity index (χ0n) is 19.2. The Morgan fingerprint density at radius 1 is 0.500 bits per heavy atom. The molecule has 0 saturated carbocycles. The van der Waals surface area contributed by atoms with Gasteiger partial charge in [-0.25, -0.2) is 27.2 Å². The average molecular weight is 570 g/mol. The minimum Gasteiger partial charge on any atom is -0.478 e. The number of carboxylic acid groups (broad SMARTS) is 2. The van der Waals surface area contributed by atoms with Crippen LogP contribution < -0.4 is 9.47 Å². The number of benzene rings is 4. The number of aromatic carboxylic acids is 2. The van der Waals surface area contributed by atoms with E-state index in [0.717, 1.165) is 48.5 Å². The van der Waals surface area contributed by atoms with Crippen molar-refractivity contribution in [1.82, 2.24) is 0 Å². The molecule has 0 radical (unpaired) electrons. The first-order valence-corrected chi connectivity index (χ1v) is 10.6. The van der Waals surface area contributed by atoms with E-state index in [2.05, 4.69) is 0 Å². The van der Waals surface area contributed by atoms with E-state index >= 15 is 0 Å². The van der Waals surface area contributed by atoms with Crippen LogP contribution in [0, 0.1) is 46.5 Å². The first-order chi connectivity index (χ1) is 18.8. The van der Waals surface area contributed by atoms with E-state index in [4.69, 9.17) is 19.7 Å². The maximum Gasteiger partial charge on any atom is 0.335 e. The Hall–Kier alpha value is -5.14. The normalized spacial score (nSPS) is 10.9. The van der Waals surface area contributed by atoms with E-state index in [1.54, 1.807) is 0 Å². The third-order valence-electron chi connectivity index (χ3n) is 5.30. The molecule has 0 bridgehead atoms. The Labute approximate surface area is 217 Å². The van der Waals surface area contributed by atoms with Crippen molar-refractivity contribution in [3.8, 4) is 34.1 Å². The van der Waals surface area contributed by atoms with Gasteiger partial charge in [-0.05, 0) is 36.4 Å². The molecule has 0 aromatic heterocycles. The van der Waals surface area contributed by atoms with Crippen LogP contribution in [0.1, 0.15) is 20.7 Å². The Balaban J connectivity index is 1.83. The van der Waals surface area contributed by atoms with E-state index in [-0.39, 0.29) is 0 Å². The molecule has 0 spiro atoms. The minimum atomic E-state index is -2.51. The molecule has 0 atom stereocenters. The van der Waals surface area contributed by atoms with Crippen LogP contribution in [0.15, 0.2) is 48.5 Å². The molecule has 4 aromatic rings. The number of ether oxygens (including phenoxy) is 2. The van der Waals surface area contributed by atoms with Gasteiger partial charge in [-0.1, -0.05) is 12.1 Å². The number of halogens is 8. The van der Waals surface area contributed by atoms with Crippen molar-refractivity contribution < 1.29 is 64.4 Å².